The Bertz CT molecular complexity index is 1610. The van der Waals surface area contributed by atoms with Gasteiger partial charge in [-0.3, -0.25) is 4.79 Å². The number of benzene rings is 2. The molecule has 1 heterocycles. The van der Waals surface area contributed by atoms with Crippen molar-refractivity contribution in [3.63, 3.8) is 0 Å². The molecule has 3 fully saturated rings. The molecule has 1 amide bonds. The maximum atomic E-state index is 13.8. The van der Waals surface area contributed by atoms with Crippen LogP contribution in [0.3, 0.4) is 0 Å². The summed E-state index contributed by atoms with van der Waals surface area (Å²) in [5, 5.41) is 41.9. The summed E-state index contributed by atoms with van der Waals surface area (Å²) >= 11 is 0. The number of carbonyl (C=O) groups excluding carboxylic acids is 1. The Balaban J connectivity index is 1.11. The molecule has 2 aromatic carbocycles. The van der Waals surface area contributed by atoms with Crippen LogP contribution in [0.15, 0.2) is 66.4 Å². The second kappa shape index (κ2) is 11.2. The summed E-state index contributed by atoms with van der Waals surface area (Å²) in [4.78, 5) is 13.8. The zero-order valence-electron chi connectivity index (χ0n) is 26.1. The van der Waals surface area contributed by atoms with E-state index < -0.39 is 29.1 Å². The van der Waals surface area contributed by atoms with Crippen molar-refractivity contribution in [3.8, 4) is 5.69 Å². The Kier molecular flexibility index (Phi) is 7.53. The molecule has 0 aliphatic heterocycles. The molecule has 0 spiro atoms. The molecule has 0 saturated heterocycles. The highest BCUT2D eigenvalue weighted by atomic mass is 19.1. The molecule has 45 heavy (non-hydrogen) atoms. The van der Waals surface area contributed by atoms with Crippen LogP contribution in [0.1, 0.15) is 69.2 Å². The van der Waals surface area contributed by atoms with E-state index in [2.05, 4.69) is 23.4 Å². The van der Waals surface area contributed by atoms with E-state index in [0.717, 1.165) is 48.2 Å². The molecular formula is C37H44FN3O4. The summed E-state index contributed by atoms with van der Waals surface area (Å²) in [6.45, 7) is 4.07. The highest BCUT2D eigenvalue weighted by Crippen LogP contribution is 2.67. The van der Waals surface area contributed by atoms with E-state index in [0.29, 0.717) is 25.7 Å². The van der Waals surface area contributed by atoms with Crippen molar-refractivity contribution in [2.24, 2.45) is 28.6 Å². The fourth-order valence-electron chi connectivity index (χ4n) is 9.85. The molecule has 3 saturated carbocycles. The van der Waals surface area contributed by atoms with Crippen LogP contribution in [0.5, 0.6) is 0 Å². The van der Waals surface area contributed by atoms with Crippen LogP contribution in [0, 0.1) is 34.4 Å². The fraction of sp³-hybridized carbons (Fsp3) is 0.514. The van der Waals surface area contributed by atoms with Crippen LogP contribution < -0.4 is 5.32 Å². The third-order valence-electron chi connectivity index (χ3n) is 12.2. The molecule has 8 heteroatoms. The van der Waals surface area contributed by atoms with Crippen molar-refractivity contribution in [1.29, 1.82) is 0 Å². The summed E-state index contributed by atoms with van der Waals surface area (Å²) < 4.78 is 15.5. The predicted molar refractivity (Wildman–Crippen MR) is 170 cm³/mol. The molecule has 7 nitrogen and oxygen atoms in total. The van der Waals surface area contributed by atoms with Gasteiger partial charge in [-0.2, -0.15) is 5.10 Å². The minimum atomic E-state index is -1.61. The summed E-state index contributed by atoms with van der Waals surface area (Å²) in [5.74, 6) is -0.443. The second-order valence-corrected chi connectivity index (χ2v) is 14.5. The monoisotopic (exact) mass is 613 g/mol. The molecule has 4 aliphatic rings. The lowest BCUT2D eigenvalue weighted by atomic mass is 9.45. The molecule has 1 aromatic heterocycles. The lowest BCUT2D eigenvalue weighted by Gasteiger charge is -2.60. The first-order valence-electron chi connectivity index (χ1n) is 16.5. The minimum Gasteiger partial charge on any atom is -0.394 e. The minimum absolute atomic E-state index is 0.000583. The van der Waals surface area contributed by atoms with E-state index >= 15 is 0 Å². The summed E-state index contributed by atoms with van der Waals surface area (Å²) in [7, 11) is 0. The molecule has 4 aliphatic carbocycles. The highest BCUT2D eigenvalue weighted by molar-refractivity contribution is 5.87. The van der Waals surface area contributed by atoms with Crippen molar-refractivity contribution in [1.82, 2.24) is 15.1 Å². The maximum absolute atomic E-state index is 13.8. The van der Waals surface area contributed by atoms with Crippen molar-refractivity contribution in [3.05, 3.63) is 89.0 Å². The fourth-order valence-corrected chi connectivity index (χ4v) is 9.85. The normalized spacial score (nSPS) is 34.1. The molecule has 238 valence electrons. The molecular weight excluding hydrogens is 569 g/mol. The lowest BCUT2D eigenvalue weighted by Crippen LogP contribution is -2.64. The topological polar surface area (TPSA) is 108 Å². The average molecular weight is 614 g/mol. The number of carbonyl (C=O) groups is 1. The first kappa shape index (κ1) is 30.3. The van der Waals surface area contributed by atoms with Gasteiger partial charge in [0.05, 0.1) is 36.3 Å². The zero-order valence-corrected chi connectivity index (χ0v) is 26.1. The van der Waals surface area contributed by atoms with Crippen LogP contribution in [-0.4, -0.2) is 55.4 Å². The molecule has 0 bridgehead atoms. The summed E-state index contributed by atoms with van der Waals surface area (Å²) in [6.07, 6.45) is 8.67. The first-order chi connectivity index (χ1) is 21.6. The molecule has 6 unspecified atom stereocenters. The quantitative estimate of drug-likeness (QED) is 0.300. The Morgan fingerprint density at radius 3 is 2.62 bits per heavy atom. The molecule has 0 radical (unpaired) electrons. The lowest BCUT2D eigenvalue weighted by molar-refractivity contribution is -0.181. The van der Waals surface area contributed by atoms with E-state index in [4.69, 9.17) is 0 Å². The predicted octanol–water partition coefficient (Wildman–Crippen LogP) is 5.01. The summed E-state index contributed by atoms with van der Waals surface area (Å²) in [6, 6.07) is 15.9. The van der Waals surface area contributed by atoms with Gasteiger partial charge in [0.2, 0.25) is 0 Å². The van der Waals surface area contributed by atoms with Crippen molar-refractivity contribution < 1.29 is 24.5 Å². The van der Waals surface area contributed by atoms with Gasteiger partial charge in [0, 0.05) is 5.41 Å². The van der Waals surface area contributed by atoms with Gasteiger partial charge in [-0.25, -0.2) is 9.07 Å². The number of hydrogen-bond donors (Lipinski definition) is 4. The third-order valence-corrected chi connectivity index (χ3v) is 12.2. The number of aromatic nitrogens is 2. The van der Waals surface area contributed by atoms with E-state index in [1.807, 2.05) is 48.1 Å². The van der Waals surface area contributed by atoms with Crippen LogP contribution in [-0.2, 0) is 17.6 Å². The van der Waals surface area contributed by atoms with Gasteiger partial charge in [-0.05, 0) is 116 Å². The Labute approximate surface area is 264 Å². The van der Waals surface area contributed by atoms with Gasteiger partial charge in [-0.1, -0.05) is 49.8 Å². The third kappa shape index (κ3) is 4.79. The number of amides is 1. The number of nitrogens with zero attached hydrogens (tertiary/aromatic N) is 2. The SMILES string of the molecule is CC12Cc3cnn(-c4ccc(F)cc4)c3C=C1CCC1C2[C@@H](O)CC2(C)C1CCC2(O)C(=O)N[C@H](CO)CCc1ccccc1. The Morgan fingerprint density at radius 1 is 1.13 bits per heavy atom. The number of aryl methyl sites for hydroxylation is 1. The van der Waals surface area contributed by atoms with Crippen molar-refractivity contribution in [2.75, 3.05) is 6.61 Å². The molecule has 4 N–H and O–H groups in total. The smallest absolute Gasteiger partial charge is 0.252 e. The van der Waals surface area contributed by atoms with Gasteiger partial charge >= 0.3 is 0 Å². The first-order valence-corrected chi connectivity index (χ1v) is 16.5. The van der Waals surface area contributed by atoms with Crippen LogP contribution in [0.2, 0.25) is 0 Å². The number of hydrogen-bond acceptors (Lipinski definition) is 5. The number of rotatable bonds is 7. The molecule has 3 aromatic rings. The Morgan fingerprint density at radius 2 is 1.89 bits per heavy atom. The van der Waals surface area contributed by atoms with Gasteiger partial charge < -0.3 is 20.6 Å². The number of aliphatic hydroxyl groups excluding tert-OH is 2. The number of aliphatic hydroxyl groups is 3. The number of allylic oxidation sites excluding steroid dienone is 1. The van der Waals surface area contributed by atoms with E-state index in [1.54, 1.807) is 12.1 Å². The second-order valence-electron chi connectivity index (χ2n) is 14.5. The van der Waals surface area contributed by atoms with E-state index in [1.165, 1.54) is 17.7 Å². The van der Waals surface area contributed by atoms with Crippen molar-refractivity contribution in [2.45, 2.75) is 83.0 Å². The van der Waals surface area contributed by atoms with E-state index in [-0.39, 0.29) is 35.6 Å². The standard InChI is InChI=1S/C37H44FN3O4/c1-35-19-24-21-39-41(28-13-10-26(38)11-14-28)31(24)18-25(35)9-15-29-30-16-17-37(45,36(30,2)20-32(43)33(29)35)34(44)40-27(22-42)12-8-23-6-4-3-5-7-23/h3-7,10-11,13-14,18,21,27,29-30,32-33,42-43,45H,8-9,12,15-17,19-20,22H2,1-2H3,(H,40,44)/t27-,29?,30?,32-,33?,35?,36?,37?/m0/s1. The van der Waals surface area contributed by atoms with Crippen molar-refractivity contribution >= 4 is 12.0 Å². The Hall–Kier alpha value is -3.33. The largest absolute Gasteiger partial charge is 0.394 e. The van der Waals surface area contributed by atoms with Gasteiger partial charge in [0.1, 0.15) is 11.4 Å². The molecule has 8 atom stereocenters. The van der Waals surface area contributed by atoms with Crippen LogP contribution >= 0.6 is 0 Å². The van der Waals surface area contributed by atoms with Crippen LogP contribution in [0.4, 0.5) is 4.39 Å². The zero-order chi connectivity index (χ0) is 31.6. The van der Waals surface area contributed by atoms with Gasteiger partial charge in [0.25, 0.3) is 5.91 Å². The van der Waals surface area contributed by atoms with E-state index in [9.17, 15) is 24.5 Å². The van der Waals surface area contributed by atoms with Crippen LogP contribution in [0.25, 0.3) is 11.8 Å². The average Bonchev–Trinajstić information content (AvgIpc) is 3.55. The number of halogens is 1. The number of nitrogens with one attached hydrogen (secondary N) is 1. The summed E-state index contributed by atoms with van der Waals surface area (Å²) in [5.41, 5.74) is 2.72. The molecule has 7 rings (SSSR count). The van der Waals surface area contributed by atoms with Gasteiger partial charge in [0.15, 0.2) is 0 Å². The highest BCUT2D eigenvalue weighted by Gasteiger charge is 2.68. The number of fused-ring (bicyclic) bond motifs is 6. The van der Waals surface area contributed by atoms with Gasteiger partial charge in [-0.15, -0.1) is 0 Å². The maximum Gasteiger partial charge on any atom is 0.252 e.